The minimum atomic E-state index is -0.295. The predicted molar refractivity (Wildman–Crippen MR) is 101 cm³/mol. The monoisotopic (exact) mass is 371 g/mol. The van der Waals surface area contributed by atoms with E-state index in [2.05, 4.69) is 14.8 Å². The number of rotatable bonds is 3. The van der Waals surface area contributed by atoms with E-state index in [4.69, 9.17) is 9.40 Å². The number of β-amino-alcohol motifs (C(OH)–C–C–N with tert-alkyl or cyclic N) is 1. The van der Waals surface area contributed by atoms with Crippen molar-refractivity contribution in [2.45, 2.75) is 25.4 Å². The van der Waals surface area contributed by atoms with Gasteiger partial charge < -0.3 is 24.2 Å². The van der Waals surface area contributed by atoms with Crippen LogP contribution in [0.2, 0.25) is 0 Å². The van der Waals surface area contributed by atoms with E-state index in [0.29, 0.717) is 37.9 Å². The van der Waals surface area contributed by atoms with Gasteiger partial charge in [-0.3, -0.25) is 4.79 Å². The minimum absolute atomic E-state index is 0.0705. The number of aliphatic hydroxyl groups excluding tert-OH is 1. The number of nitrogens with zero attached hydrogens (tertiary/aromatic N) is 5. The molecule has 144 valence electrons. The number of amides is 1. The number of furan rings is 1. The van der Waals surface area contributed by atoms with E-state index in [9.17, 15) is 9.90 Å². The van der Waals surface area contributed by atoms with E-state index in [1.165, 1.54) is 6.26 Å². The average molecular weight is 371 g/mol. The number of piperidine rings is 1. The van der Waals surface area contributed by atoms with Crippen LogP contribution in [0.1, 0.15) is 29.8 Å². The highest BCUT2D eigenvalue weighted by molar-refractivity contribution is 5.91. The molecule has 0 spiro atoms. The molecule has 1 amide bonds. The first-order valence-electron chi connectivity index (χ1n) is 9.54. The van der Waals surface area contributed by atoms with E-state index in [1.54, 1.807) is 18.3 Å². The van der Waals surface area contributed by atoms with Crippen molar-refractivity contribution in [3.63, 3.8) is 0 Å². The van der Waals surface area contributed by atoms with Crippen molar-refractivity contribution in [1.29, 1.82) is 0 Å². The van der Waals surface area contributed by atoms with Gasteiger partial charge in [-0.1, -0.05) is 0 Å². The molecule has 4 heterocycles. The van der Waals surface area contributed by atoms with Crippen LogP contribution in [-0.2, 0) is 0 Å². The van der Waals surface area contributed by atoms with Crippen LogP contribution in [-0.4, -0.2) is 71.3 Å². The average Bonchev–Trinajstić information content (AvgIpc) is 3.12. The molecule has 2 aromatic rings. The molecular weight excluding hydrogens is 346 g/mol. The van der Waals surface area contributed by atoms with Crippen molar-refractivity contribution >= 4 is 17.7 Å². The molecule has 0 unspecified atom stereocenters. The first-order chi connectivity index (χ1) is 13.2. The lowest BCUT2D eigenvalue weighted by atomic mass is 10.1. The summed E-state index contributed by atoms with van der Waals surface area (Å²) in [6, 6.07) is 5.32. The van der Waals surface area contributed by atoms with Crippen molar-refractivity contribution < 1.29 is 14.3 Å². The highest BCUT2D eigenvalue weighted by Gasteiger charge is 2.24. The zero-order chi connectivity index (χ0) is 18.6. The van der Waals surface area contributed by atoms with Gasteiger partial charge in [-0.25, -0.2) is 4.98 Å². The second-order valence-electron chi connectivity index (χ2n) is 7.07. The molecule has 2 aliphatic rings. The number of aromatic nitrogens is 2. The number of anilines is 2. The quantitative estimate of drug-likeness (QED) is 0.872. The van der Waals surface area contributed by atoms with Crippen molar-refractivity contribution in [2.24, 2.45) is 0 Å². The third kappa shape index (κ3) is 4.05. The van der Waals surface area contributed by atoms with Crippen LogP contribution in [0, 0.1) is 0 Å². The Morgan fingerprint density at radius 1 is 1.11 bits per heavy atom. The molecular formula is C19H25N5O3. The van der Waals surface area contributed by atoms with Gasteiger partial charge in [0, 0.05) is 45.5 Å². The Hall–Kier alpha value is -2.61. The van der Waals surface area contributed by atoms with Gasteiger partial charge in [-0.05, 0) is 37.5 Å². The van der Waals surface area contributed by atoms with Gasteiger partial charge in [0.2, 0.25) is 5.95 Å². The molecule has 4 rings (SSSR count). The summed E-state index contributed by atoms with van der Waals surface area (Å²) in [4.78, 5) is 27.7. The molecule has 2 aliphatic heterocycles. The Balaban J connectivity index is 1.43. The zero-order valence-electron chi connectivity index (χ0n) is 15.3. The van der Waals surface area contributed by atoms with Crippen molar-refractivity contribution in [2.75, 3.05) is 49.1 Å². The maximum atomic E-state index is 12.5. The molecule has 2 aromatic heterocycles. The van der Waals surface area contributed by atoms with Gasteiger partial charge in [0.25, 0.3) is 5.91 Å². The van der Waals surface area contributed by atoms with Crippen molar-refractivity contribution in [1.82, 2.24) is 14.9 Å². The molecule has 0 bridgehead atoms. The number of carbonyl (C=O) groups excluding carboxylic acids is 1. The summed E-state index contributed by atoms with van der Waals surface area (Å²) in [5, 5.41) is 9.92. The number of carbonyl (C=O) groups is 1. The summed E-state index contributed by atoms with van der Waals surface area (Å²) in [6.07, 6.45) is 5.66. The molecule has 0 saturated carbocycles. The van der Waals surface area contributed by atoms with Crippen LogP contribution >= 0.6 is 0 Å². The third-order valence-corrected chi connectivity index (χ3v) is 5.15. The Morgan fingerprint density at radius 2 is 2.00 bits per heavy atom. The lowest BCUT2D eigenvalue weighted by Gasteiger charge is -2.31. The molecule has 27 heavy (non-hydrogen) atoms. The molecule has 1 N–H and O–H groups in total. The SMILES string of the molecule is O=C(c1ccco1)N1CCCN(c2nccc(N3CCC[C@H](O)C3)n2)CC1. The number of aliphatic hydroxyl groups is 1. The van der Waals surface area contributed by atoms with E-state index < -0.39 is 0 Å². The number of hydrogen-bond donors (Lipinski definition) is 1. The normalized spacial score (nSPS) is 21.2. The van der Waals surface area contributed by atoms with Crippen LogP contribution in [0.3, 0.4) is 0 Å². The Kier molecular flexibility index (Phi) is 5.24. The van der Waals surface area contributed by atoms with Crippen LogP contribution in [0.15, 0.2) is 35.1 Å². The van der Waals surface area contributed by atoms with Gasteiger partial charge in [-0.2, -0.15) is 4.98 Å². The molecule has 2 fully saturated rings. The number of hydrogen-bond acceptors (Lipinski definition) is 7. The Labute approximate surface area is 158 Å². The van der Waals surface area contributed by atoms with Crippen LogP contribution in [0.5, 0.6) is 0 Å². The fourth-order valence-corrected chi connectivity index (χ4v) is 3.71. The van der Waals surface area contributed by atoms with Gasteiger partial charge in [-0.15, -0.1) is 0 Å². The highest BCUT2D eigenvalue weighted by atomic mass is 16.3. The molecule has 8 nitrogen and oxygen atoms in total. The van der Waals surface area contributed by atoms with Crippen LogP contribution in [0.25, 0.3) is 0 Å². The zero-order valence-corrected chi connectivity index (χ0v) is 15.3. The maximum Gasteiger partial charge on any atom is 0.289 e. The lowest BCUT2D eigenvalue weighted by Crippen LogP contribution is -2.39. The third-order valence-electron chi connectivity index (χ3n) is 5.15. The maximum absolute atomic E-state index is 12.5. The van der Waals surface area contributed by atoms with Gasteiger partial charge in [0.15, 0.2) is 5.76 Å². The fourth-order valence-electron chi connectivity index (χ4n) is 3.71. The predicted octanol–water partition coefficient (Wildman–Crippen LogP) is 1.38. The van der Waals surface area contributed by atoms with Crippen LogP contribution < -0.4 is 9.80 Å². The van der Waals surface area contributed by atoms with E-state index in [-0.39, 0.29) is 12.0 Å². The molecule has 2 saturated heterocycles. The topological polar surface area (TPSA) is 85.9 Å². The highest BCUT2D eigenvalue weighted by Crippen LogP contribution is 2.21. The van der Waals surface area contributed by atoms with E-state index >= 15 is 0 Å². The summed E-state index contributed by atoms with van der Waals surface area (Å²) in [5.74, 6) is 1.84. The second-order valence-corrected chi connectivity index (χ2v) is 7.07. The van der Waals surface area contributed by atoms with Gasteiger partial charge in [0.05, 0.1) is 12.4 Å². The Morgan fingerprint density at radius 3 is 2.81 bits per heavy atom. The summed E-state index contributed by atoms with van der Waals surface area (Å²) in [5.41, 5.74) is 0. The fraction of sp³-hybridized carbons (Fsp3) is 0.526. The van der Waals surface area contributed by atoms with Crippen molar-refractivity contribution in [3.05, 3.63) is 36.4 Å². The standard InChI is InChI=1S/C19H25N5O3/c25-15-4-1-8-24(14-15)17-6-7-20-19(21-17)23-10-3-9-22(11-12-23)18(26)16-5-2-13-27-16/h2,5-7,13,15,25H,1,3-4,8-12,14H2/t15-/m0/s1. The van der Waals surface area contributed by atoms with Crippen LogP contribution in [0.4, 0.5) is 11.8 Å². The summed E-state index contributed by atoms with van der Waals surface area (Å²) in [6.45, 7) is 4.29. The molecule has 1 atom stereocenters. The summed E-state index contributed by atoms with van der Waals surface area (Å²) in [7, 11) is 0. The second kappa shape index (κ2) is 7.96. The smallest absolute Gasteiger partial charge is 0.289 e. The van der Waals surface area contributed by atoms with Crippen molar-refractivity contribution in [3.8, 4) is 0 Å². The largest absolute Gasteiger partial charge is 0.459 e. The molecule has 0 radical (unpaired) electrons. The lowest BCUT2D eigenvalue weighted by molar-refractivity contribution is 0.0735. The molecule has 0 aromatic carbocycles. The van der Waals surface area contributed by atoms with E-state index in [1.807, 2.05) is 11.0 Å². The Bertz CT molecular complexity index is 766. The summed E-state index contributed by atoms with van der Waals surface area (Å²) < 4.78 is 5.24. The minimum Gasteiger partial charge on any atom is -0.459 e. The van der Waals surface area contributed by atoms with Gasteiger partial charge in [0.1, 0.15) is 5.82 Å². The molecule has 8 heteroatoms. The summed E-state index contributed by atoms with van der Waals surface area (Å²) >= 11 is 0. The first-order valence-corrected chi connectivity index (χ1v) is 9.54. The van der Waals surface area contributed by atoms with E-state index in [0.717, 1.165) is 38.2 Å². The van der Waals surface area contributed by atoms with Gasteiger partial charge >= 0.3 is 0 Å². The molecule has 0 aliphatic carbocycles. The first kappa shape index (κ1) is 17.8.